The van der Waals surface area contributed by atoms with E-state index in [1.54, 1.807) is 6.07 Å². The summed E-state index contributed by atoms with van der Waals surface area (Å²) in [6.45, 7) is 0.258. The first-order valence-electron chi connectivity index (χ1n) is 6.44. The van der Waals surface area contributed by atoms with Gasteiger partial charge < -0.3 is 5.32 Å². The van der Waals surface area contributed by atoms with Crippen molar-refractivity contribution in [3.8, 4) is 10.6 Å². The molecule has 2 N–H and O–H groups in total. The zero-order valence-electron chi connectivity index (χ0n) is 11.3. The van der Waals surface area contributed by atoms with Crippen molar-refractivity contribution < 1.29 is 9.18 Å². The topological polar surface area (TPSA) is 57.8 Å². The molecule has 0 bridgehead atoms. The second-order valence-electron chi connectivity index (χ2n) is 4.57. The molecule has 2 heterocycles. The summed E-state index contributed by atoms with van der Waals surface area (Å²) in [6, 6.07) is 8.17. The van der Waals surface area contributed by atoms with Gasteiger partial charge in [0.1, 0.15) is 5.82 Å². The van der Waals surface area contributed by atoms with Gasteiger partial charge >= 0.3 is 0 Å². The highest BCUT2D eigenvalue weighted by atomic mass is 35.5. The molecular formula is C15H11ClFN3OS. The zero-order chi connectivity index (χ0) is 15.5. The van der Waals surface area contributed by atoms with E-state index in [0.29, 0.717) is 11.3 Å². The smallest absolute Gasteiger partial charge is 0.255 e. The van der Waals surface area contributed by atoms with E-state index < -0.39 is 5.82 Å². The lowest BCUT2D eigenvalue weighted by molar-refractivity contribution is 0.0951. The molecule has 0 fully saturated rings. The highest BCUT2D eigenvalue weighted by Gasteiger charge is 2.15. The first kappa shape index (κ1) is 14.7. The van der Waals surface area contributed by atoms with Gasteiger partial charge in [0.15, 0.2) is 0 Å². The van der Waals surface area contributed by atoms with Crippen LogP contribution in [0.5, 0.6) is 0 Å². The molecular weight excluding hydrogens is 325 g/mol. The van der Waals surface area contributed by atoms with Crippen molar-refractivity contribution in [3.05, 3.63) is 63.9 Å². The fourth-order valence-corrected chi connectivity index (χ4v) is 2.93. The van der Waals surface area contributed by atoms with Crippen LogP contribution in [-0.4, -0.2) is 16.1 Å². The van der Waals surface area contributed by atoms with E-state index in [4.69, 9.17) is 11.6 Å². The molecule has 3 aromatic rings. The fraction of sp³-hybridized carbons (Fsp3) is 0.0667. The van der Waals surface area contributed by atoms with E-state index in [-0.39, 0.29) is 17.5 Å². The van der Waals surface area contributed by atoms with Crippen molar-refractivity contribution in [1.82, 2.24) is 15.5 Å². The molecule has 1 aromatic carbocycles. The first-order chi connectivity index (χ1) is 10.6. The normalized spacial score (nSPS) is 10.6. The van der Waals surface area contributed by atoms with Gasteiger partial charge in [0.05, 0.1) is 27.4 Å². The van der Waals surface area contributed by atoms with Crippen molar-refractivity contribution >= 4 is 28.8 Å². The summed E-state index contributed by atoms with van der Waals surface area (Å²) in [5, 5.41) is 11.5. The number of hydrogen-bond acceptors (Lipinski definition) is 3. The predicted molar refractivity (Wildman–Crippen MR) is 84.5 cm³/mol. The van der Waals surface area contributed by atoms with Crippen molar-refractivity contribution in [1.29, 1.82) is 0 Å². The summed E-state index contributed by atoms with van der Waals surface area (Å²) >= 11 is 7.24. The average Bonchev–Trinajstić information content (AvgIpc) is 3.18. The van der Waals surface area contributed by atoms with Crippen molar-refractivity contribution in [2.75, 3.05) is 0 Å². The summed E-state index contributed by atoms with van der Waals surface area (Å²) in [7, 11) is 0. The van der Waals surface area contributed by atoms with E-state index in [9.17, 15) is 9.18 Å². The number of halogens is 2. The quantitative estimate of drug-likeness (QED) is 0.760. The molecule has 0 atom stereocenters. The van der Waals surface area contributed by atoms with Crippen LogP contribution in [0.4, 0.5) is 4.39 Å². The molecule has 2 aromatic heterocycles. The number of carbonyl (C=O) groups excluding carboxylic acids is 1. The van der Waals surface area contributed by atoms with Gasteiger partial charge in [-0.15, -0.1) is 11.3 Å². The summed E-state index contributed by atoms with van der Waals surface area (Å²) < 4.78 is 13.1. The number of nitrogens with one attached hydrogen (secondary N) is 2. The Hall–Kier alpha value is -2.18. The van der Waals surface area contributed by atoms with Crippen LogP contribution in [0, 0.1) is 5.82 Å². The standard InChI is InChI=1S/C15H11ClFN3OS/c16-11-6-9(3-4-12(11)17)7-18-15(21)10-8-19-20-14(10)13-2-1-5-22-13/h1-6,8H,7H2,(H,18,21)(H,19,20). The monoisotopic (exact) mass is 335 g/mol. The minimum Gasteiger partial charge on any atom is -0.348 e. The summed E-state index contributed by atoms with van der Waals surface area (Å²) in [6.07, 6.45) is 1.49. The van der Waals surface area contributed by atoms with Crippen LogP contribution in [0.25, 0.3) is 10.6 Å². The molecule has 0 spiro atoms. The van der Waals surface area contributed by atoms with Crippen LogP contribution >= 0.6 is 22.9 Å². The number of amides is 1. The maximum Gasteiger partial charge on any atom is 0.255 e. The lowest BCUT2D eigenvalue weighted by Crippen LogP contribution is -2.22. The largest absolute Gasteiger partial charge is 0.348 e. The molecule has 0 saturated heterocycles. The Labute approximate surface area is 134 Å². The molecule has 0 aliphatic carbocycles. The van der Waals surface area contributed by atoms with Gasteiger partial charge in [-0.25, -0.2) is 4.39 Å². The van der Waals surface area contributed by atoms with Gasteiger partial charge in [0.2, 0.25) is 0 Å². The number of hydrogen-bond donors (Lipinski definition) is 2. The lowest BCUT2D eigenvalue weighted by Gasteiger charge is -2.06. The van der Waals surface area contributed by atoms with Gasteiger partial charge in [-0.2, -0.15) is 5.10 Å². The minimum absolute atomic E-state index is 0.0364. The predicted octanol–water partition coefficient (Wildman–Crippen LogP) is 3.86. The third-order valence-corrected chi connectivity index (χ3v) is 4.27. The molecule has 0 radical (unpaired) electrons. The van der Waals surface area contributed by atoms with Gasteiger partial charge in [0.25, 0.3) is 5.91 Å². The van der Waals surface area contributed by atoms with Gasteiger partial charge in [-0.1, -0.05) is 23.7 Å². The SMILES string of the molecule is O=C(NCc1ccc(F)c(Cl)c1)c1cn[nH]c1-c1cccs1. The Morgan fingerprint density at radius 1 is 1.41 bits per heavy atom. The Kier molecular flexibility index (Phi) is 4.22. The van der Waals surface area contributed by atoms with E-state index in [2.05, 4.69) is 15.5 Å². The van der Waals surface area contributed by atoms with Crippen LogP contribution < -0.4 is 5.32 Å². The van der Waals surface area contributed by atoms with Crippen LogP contribution in [0.2, 0.25) is 5.02 Å². The fourth-order valence-electron chi connectivity index (χ4n) is 1.99. The number of aromatic nitrogens is 2. The summed E-state index contributed by atoms with van der Waals surface area (Å²) in [5.74, 6) is -0.732. The molecule has 112 valence electrons. The maximum atomic E-state index is 13.1. The molecule has 0 unspecified atom stereocenters. The Morgan fingerprint density at radius 3 is 3.00 bits per heavy atom. The molecule has 0 saturated carbocycles. The van der Waals surface area contributed by atoms with E-state index in [1.165, 1.54) is 29.7 Å². The number of H-pyrrole nitrogens is 1. The number of aromatic amines is 1. The highest BCUT2D eigenvalue weighted by molar-refractivity contribution is 7.13. The first-order valence-corrected chi connectivity index (χ1v) is 7.70. The van der Waals surface area contributed by atoms with Crippen molar-refractivity contribution in [2.24, 2.45) is 0 Å². The maximum absolute atomic E-state index is 13.1. The minimum atomic E-state index is -0.480. The summed E-state index contributed by atoms with van der Waals surface area (Å²) in [4.78, 5) is 13.2. The van der Waals surface area contributed by atoms with Crippen LogP contribution in [0.3, 0.4) is 0 Å². The molecule has 22 heavy (non-hydrogen) atoms. The number of rotatable bonds is 4. The average molecular weight is 336 g/mol. The third-order valence-electron chi connectivity index (χ3n) is 3.09. The number of nitrogens with zero attached hydrogens (tertiary/aromatic N) is 1. The molecule has 3 rings (SSSR count). The Bertz CT molecular complexity index is 801. The highest BCUT2D eigenvalue weighted by Crippen LogP contribution is 2.25. The van der Waals surface area contributed by atoms with E-state index >= 15 is 0 Å². The molecule has 7 heteroatoms. The van der Waals surface area contributed by atoms with E-state index in [0.717, 1.165) is 10.4 Å². The molecule has 0 aliphatic heterocycles. The molecule has 1 amide bonds. The summed E-state index contributed by atoms with van der Waals surface area (Å²) in [5.41, 5.74) is 1.88. The molecule has 0 aliphatic rings. The third kappa shape index (κ3) is 3.03. The second kappa shape index (κ2) is 6.29. The van der Waals surface area contributed by atoms with Crippen molar-refractivity contribution in [2.45, 2.75) is 6.54 Å². The van der Waals surface area contributed by atoms with Crippen LogP contribution in [0.1, 0.15) is 15.9 Å². The van der Waals surface area contributed by atoms with Gasteiger partial charge in [-0.05, 0) is 29.1 Å². The second-order valence-corrected chi connectivity index (χ2v) is 5.92. The number of thiophene rings is 1. The zero-order valence-corrected chi connectivity index (χ0v) is 12.8. The van der Waals surface area contributed by atoms with Crippen LogP contribution in [-0.2, 0) is 6.54 Å². The Morgan fingerprint density at radius 2 is 2.27 bits per heavy atom. The molecule has 4 nitrogen and oxygen atoms in total. The lowest BCUT2D eigenvalue weighted by atomic mass is 10.2. The van der Waals surface area contributed by atoms with Crippen molar-refractivity contribution in [3.63, 3.8) is 0 Å². The van der Waals surface area contributed by atoms with Gasteiger partial charge in [-0.3, -0.25) is 9.89 Å². The number of benzene rings is 1. The Balaban J connectivity index is 1.73. The van der Waals surface area contributed by atoms with Crippen LogP contribution in [0.15, 0.2) is 41.9 Å². The van der Waals surface area contributed by atoms with Gasteiger partial charge in [0, 0.05) is 6.54 Å². The number of carbonyl (C=O) groups is 1. The van der Waals surface area contributed by atoms with E-state index in [1.807, 2.05) is 17.5 Å².